The van der Waals surface area contributed by atoms with Gasteiger partial charge in [0.15, 0.2) is 0 Å². The molecule has 1 unspecified atom stereocenters. The summed E-state index contributed by atoms with van der Waals surface area (Å²) >= 11 is -0.816. The number of benzene rings is 1. The molecule has 0 bridgehead atoms. The van der Waals surface area contributed by atoms with E-state index in [2.05, 4.69) is 12.2 Å². The minimum atomic E-state index is -0.816. The number of allylic oxidation sites excluding steroid dienone is 2. The SMILES string of the molecule is COC1=CCC([C@@H]2Oc3ccc(O)cc3[C@@H]3C[S@@+]([O-])C[C@@H]32)C=C1. The van der Waals surface area contributed by atoms with Crippen LogP contribution in [0.2, 0.25) is 0 Å². The van der Waals surface area contributed by atoms with E-state index in [0.717, 1.165) is 23.5 Å². The molecule has 5 atom stereocenters. The third kappa shape index (κ3) is 2.62. The van der Waals surface area contributed by atoms with Crippen LogP contribution in [-0.2, 0) is 15.9 Å². The van der Waals surface area contributed by atoms with Gasteiger partial charge in [-0.2, -0.15) is 0 Å². The van der Waals surface area contributed by atoms with E-state index in [1.54, 1.807) is 19.2 Å². The molecular formula is C18H20O4S. The van der Waals surface area contributed by atoms with E-state index in [0.29, 0.717) is 11.5 Å². The van der Waals surface area contributed by atoms with Crippen LogP contribution in [0.5, 0.6) is 11.5 Å². The monoisotopic (exact) mass is 332 g/mol. The second-order valence-electron chi connectivity index (χ2n) is 6.42. The van der Waals surface area contributed by atoms with E-state index in [1.165, 1.54) is 0 Å². The lowest BCUT2D eigenvalue weighted by Gasteiger charge is -2.37. The Balaban J connectivity index is 1.66. The van der Waals surface area contributed by atoms with Gasteiger partial charge in [-0.05, 0) is 36.8 Å². The number of phenols is 1. The molecule has 1 aromatic carbocycles. The Bertz CT molecular complexity index is 669. The van der Waals surface area contributed by atoms with E-state index in [1.807, 2.05) is 12.1 Å². The van der Waals surface area contributed by atoms with Gasteiger partial charge in [-0.15, -0.1) is 0 Å². The van der Waals surface area contributed by atoms with Crippen LogP contribution in [0.1, 0.15) is 17.9 Å². The minimum absolute atomic E-state index is 0.0226. The lowest BCUT2D eigenvalue weighted by molar-refractivity contribution is 0.0757. The van der Waals surface area contributed by atoms with E-state index in [-0.39, 0.29) is 29.6 Å². The maximum Gasteiger partial charge on any atom is 0.123 e. The molecule has 4 nitrogen and oxygen atoms in total. The van der Waals surface area contributed by atoms with Crippen molar-refractivity contribution in [3.63, 3.8) is 0 Å². The molecule has 0 saturated carbocycles. The number of methoxy groups -OCH3 is 1. The Morgan fingerprint density at radius 2 is 2.22 bits per heavy atom. The number of hydrogen-bond donors (Lipinski definition) is 1. The molecule has 1 aliphatic carbocycles. The molecule has 0 amide bonds. The Labute approximate surface area is 139 Å². The molecule has 0 radical (unpaired) electrons. The fourth-order valence-corrected chi connectivity index (χ4v) is 5.77. The van der Waals surface area contributed by atoms with Crippen LogP contribution in [0, 0.1) is 11.8 Å². The highest BCUT2D eigenvalue weighted by molar-refractivity contribution is 7.91. The number of aromatic hydroxyl groups is 1. The lowest BCUT2D eigenvalue weighted by Crippen LogP contribution is -2.41. The quantitative estimate of drug-likeness (QED) is 0.846. The van der Waals surface area contributed by atoms with Crippen LogP contribution in [0.4, 0.5) is 0 Å². The van der Waals surface area contributed by atoms with Crippen molar-refractivity contribution in [2.24, 2.45) is 11.8 Å². The van der Waals surface area contributed by atoms with Crippen LogP contribution in [0.3, 0.4) is 0 Å². The van der Waals surface area contributed by atoms with Gasteiger partial charge in [-0.1, -0.05) is 17.3 Å². The highest BCUT2D eigenvalue weighted by Gasteiger charge is 2.49. The maximum atomic E-state index is 12.2. The van der Waals surface area contributed by atoms with Gasteiger partial charge < -0.3 is 19.1 Å². The van der Waals surface area contributed by atoms with Crippen LogP contribution in [-0.4, -0.2) is 34.4 Å². The predicted octanol–water partition coefficient (Wildman–Crippen LogP) is 2.72. The van der Waals surface area contributed by atoms with Crippen molar-refractivity contribution in [1.82, 2.24) is 0 Å². The van der Waals surface area contributed by atoms with Gasteiger partial charge >= 0.3 is 0 Å². The molecule has 5 heteroatoms. The zero-order chi connectivity index (χ0) is 16.0. The molecule has 0 aromatic heterocycles. The average molecular weight is 332 g/mol. The first kappa shape index (κ1) is 15.0. The molecular weight excluding hydrogens is 312 g/mol. The van der Waals surface area contributed by atoms with Gasteiger partial charge in [0.25, 0.3) is 0 Å². The number of hydrogen-bond acceptors (Lipinski definition) is 4. The number of rotatable bonds is 2. The average Bonchev–Trinajstić information content (AvgIpc) is 2.96. The normalized spacial score (nSPS) is 35.0. The summed E-state index contributed by atoms with van der Waals surface area (Å²) in [7, 11) is 1.67. The molecule has 3 aliphatic rings. The fraction of sp³-hybridized carbons (Fsp3) is 0.444. The molecule has 0 spiro atoms. The first-order chi connectivity index (χ1) is 11.2. The molecule has 1 saturated heterocycles. The zero-order valence-corrected chi connectivity index (χ0v) is 13.8. The molecule has 4 rings (SSSR count). The summed E-state index contributed by atoms with van der Waals surface area (Å²) < 4.78 is 23.7. The topological polar surface area (TPSA) is 61.8 Å². The van der Waals surface area contributed by atoms with Crippen LogP contribution >= 0.6 is 0 Å². The van der Waals surface area contributed by atoms with Gasteiger partial charge in [0.2, 0.25) is 0 Å². The van der Waals surface area contributed by atoms with Crippen molar-refractivity contribution in [2.75, 3.05) is 18.6 Å². The van der Waals surface area contributed by atoms with E-state index in [4.69, 9.17) is 9.47 Å². The second kappa shape index (κ2) is 5.80. The summed E-state index contributed by atoms with van der Waals surface area (Å²) in [4.78, 5) is 0. The standard InChI is InChI=1S/C18H20O4S/c1-21-13-5-2-11(3-6-13)18-16-10-23(20)9-15(16)14-8-12(19)4-7-17(14)22-18/h2,4-8,11,15-16,18-19H,3,9-10H2,1H3/t11?,15-,16-,18-,23+/m0/s1. The van der Waals surface area contributed by atoms with Gasteiger partial charge in [0.05, 0.1) is 13.0 Å². The summed E-state index contributed by atoms with van der Waals surface area (Å²) in [5.74, 6) is 3.99. The summed E-state index contributed by atoms with van der Waals surface area (Å²) in [5.41, 5.74) is 1.00. The highest BCUT2D eigenvalue weighted by Crippen LogP contribution is 2.48. The Kier molecular flexibility index (Phi) is 3.77. The van der Waals surface area contributed by atoms with Gasteiger partial charge in [0, 0.05) is 17.4 Å². The molecule has 2 aliphatic heterocycles. The van der Waals surface area contributed by atoms with E-state index < -0.39 is 11.2 Å². The van der Waals surface area contributed by atoms with Crippen molar-refractivity contribution in [3.05, 3.63) is 47.7 Å². The Hall–Kier alpha value is -1.59. The smallest absolute Gasteiger partial charge is 0.123 e. The summed E-state index contributed by atoms with van der Waals surface area (Å²) in [5, 5.41) is 9.78. The van der Waals surface area contributed by atoms with Crippen LogP contribution in [0.25, 0.3) is 0 Å². The van der Waals surface area contributed by atoms with Crippen molar-refractivity contribution in [1.29, 1.82) is 0 Å². The predicted molar refractivity (Wildman–Crippen MR) is 89.0 cm³/mol. The summed E-state index contributed by atoms with van der Waals surface area (Å²) in [6.45, 7) is 0. The maximum absolute atomic E-state index is 12.2. The lowest BCUT2D eigenvalue weighted by atomic mass is 9.76. The Morgan fingerprint density at radius 1 is 1.35 bits per heavy atom. The number of fused-ring (bicyclic) bond motifs is 3. The fourth-order valence-electron chi connectivity index (χ4n) is 3.95. The molecule has 1 fully saturated rings. The molecule has 2 heterocycles. The largest absolute Gasteiger partial charge is 0.616 e. The van der Waals surface area contributed by atoms with Gasteiger partial charge in [0.1, 0.15) is 34.9 Å². The highest BCUT2D eigenvalue weighted by atomic mass is 32.2. The van der Waals surface area contributed by atoms with Crippen molar-refractivity contribution < 1.29 is 19.1 Å². The van der Waals surface area contributed by atoms with Crippen molar-refractivity contribution in [2.45, 2.75) is 18.4 Å². The molecule has 1 aromatic rings. The van der Waals surface area contributed by atoms with Crippen molar-refractivity contribution in [3.8, 4) is 11.5 Å². The molecule has 1 N–H and O–H groups in total. The summed E-state index contributed by atoms with van der Waals surface area (Å²) in [6, 6.07) is 5.26. The van der Waals surface area contributed by atoms with Crippen molar-refractivity contribution >= 4 is 11.2 Å². The van der Waals surface area contributed by atoms with E-state index in [9.17, 15) is 9.66 Å². The summed E-state index contributed by atoms with van der Waals surface area (Å²) in [6.07, 6.45) is 7.11. The van der Waals surface area contributed by atoms with Crippen LogP contribution in [0.15, 0.2) is 42.2 Å². The van der Waals surface area contributed by atoms with E-state index >= 15 is 0 Å². The Morgan fingerprint density at radius 3 is 2.96 bits per heavy atom. The number of phenolic OH excluding ortho intramolecular Hbond substituents is 1. The first-order valence-corrected chi connectivity index (χ1v) is 9.41. The van der Waals surface area contributed by atoms with Gasteiger partial charge in [-0.25, -0.2) is 0 Å². The van der Waals surface area contributed by atoms with Crippen LogP contribution < -0.4 is 4.74 Å². The van der Waals surface area contributed by atoms with Gasteiger partial charge in [-0.3, -0.25) is 0 Å². The minimum Gasteiger partial charge on any atom is -0.616 e. The second-order valence-corrected chi connectivity index (χ2v) is 7.96. The molecule has 23 heavy (non-hydrogen) atoms. The molecule has 122 valence electrons. The third-order valence-electron chi connectivity index (χ3n) is 5.10. The number of ether oxygens (including phenoxy) is 2. The third-order valence-corrected chi connectivity index (χ3v) is 6.58. The zero-order valence-electron chi connectivity index (χ0n) is 13.0. The first-order valence-electron chi connectivity index (χ1n) is 7.92.